The van der Waals surface area contributed by atoms with E-state index >= 15 is 0 Å². The minimum atomic E-state index is -0.952. The normalized spacial score (nSPS) is 10.4. The van der Waals surface area contributed by atoms with Crippen molar-refractivity contribution in [2.45, 2.75) is 110 Å². The maximum absolute atomic E-state index is 11.7. The first-order valence-electron chi connectivity index (χ1n) is 10.5. The third-order valence-corrected chi connectivity index (χ3v) is 4.79. The average molecular weight is 380 g/mol. The number of carboxylic acid groups (broad SMARTS) is 1. The number of aliphatic carboxylic acids is 1. The van der Waals surface area contributed by atoms with Gasteiger partial charge in [0.25, 0.3) is 0 Å². The van der Waals surface area contributed by atoms with Crippen molar-refractivity contribution in [1.29, 1.82) is 0 Å². The number of hydrogen-bond donors (Lipinski definition) is 1. The first-order chi connectivity index (χ1) is 12.1. The zero-order valence-electron chi connectivity index (χ0n) is 16.7. The number of unbranched alkanes of at least 4 members (excludes halogenated alkanes) is 14. The van der Waals surface area contributed by atoms with Gasteiger partial charge in [-0.05, 0) is 6.42 Å². The second kappa shape index (κ2) is 21.2. The van der Waals surface area contributed by atoms with Crippen LogP contribution in [0.3, 0.4) is 0 Å². The van der Waals surface area contributed by atoms with Gasteiger partial charge in [0.15, 0.2) is 0 Å². The first kappa shape index (κ1) is 28.2. The van der Waals surface area contributed by atoms with E-state index < -0.39 is 5.97 Å². The Kier molecular flexibility index (Phi) is 23.0. The van der Waals surface area contributed by atoms with E-state index in [0.29, 0.717) is 6.42 Å². The molecule has 1 N–H and O–H groups in total. The van der Waals surface area contributed by atoms with Gasteiger partial charge >= 0.3 is 35.5 Å². The van der Waals surface area contributed by atoms with Crippen molar-refractivity contribution in [1.82, 2.24) is 4.90 Å². The van der Waals surface area contributed by atoms with E-state index in [-0.39, 0.29) is 42.0 Å². The topological polar surface area (TPSA) is 57.6 Å². The summed E-state index contributed by atoms with van der Waals surface area (Å²) in [4.78, 5) is 23.5. The number of carbonyl (C=O) groups is 2. The summed E-state index contributed by atoms with van der Waals surface area (Å²) in [6, 6.07) is 0. The van der Waals surface area contributed by atoms with E-state index in [9.17, 15) is 9.59 Å². The summed E-state index contributed by atoms with van der Waals surface area (Å²) in [7, 11) is 1.56. The summed E-state index contributed by atoms with van der Waals surface area (Å²) in [5.74, 6) is -1.01. The van der Waals surface area contributed by atoms with Gasteiger partial charge in [-0.1, -0.05) is 96.8 Å². The number of nitrogens with zero attached hydrogens (tertiary/aromatic N) is 1. The van der Waals surface area contributed by atoms with Gasteiger partial charge in [-0.25, -0.2) is 0 Å². The second-order valence-electron chi connectivity index (χ2n) is 7.34. The molecule has 0 spiro atoms. The van der Waals surface area contributed by atoms with Crippen LogP contribution in [0.15, 0.2) is 0 Å². The summed E-state index contributed by atoms with van der Waals surface area (Å²) in [5.41, 5.74) is 0. The van der Waals surface area contributed by atoms with Crippen molar-refractivity contribution in [3.63, 3.8) is 0 Å². The van der Waals surface area contributed by atoms with Gasteiger partial charge in [-0.15, -0.1) is 0 Å². The Morgan fingerprint density at radius 3 is 1.38 bits per heavy atom. The van der Waals surface area contributed by atoms with E-state index in [1.54, 1.807) is 7.05 Å². The fourth-order valence-corrected chi connectivity index (χ4v) is 3.13. The average Bonchev–Trinajstić information content (AvgIpc) is 2.57. The van der Waals surface area contributed by atoms with Crippen LogP contribution in [0.2, 0.25) is 0 Å². The SMILES string of the molecule is CCCCCCCCCCCCCCCCCC(=O)N(C)CC(=O)O.[NaH]. The van der Waals surface area contributed by atoms with Crippen LogP contribution in [0.4, 0.5) is 0 Å². The Bertz CT molecular complexity index is 337. The summed E-state index contributed by atoms with van der Waals surface area (Å²) in [5, 5.41) is 8.64. The van der Waals surface area contributed by atoms with Crippen molar-refractivity contribution < 1.29 is 14.7 Å². The zero-order chi connectivity index (χ0) is 18.8. The van der Waals surface area contributed by atoms with Gasteiger partial charge in [-0.2, -0.15) is 0 Å². The van der Waals surface area contributed by atoms with Crippen LogP contribution in [-0.2, 0) is 9.59 Å². The zero-order valence-corrected chi connectivity index (χ0v) is 16.7. The fraction of sp³-hybridized carbons (Fsp3) is 0.905. The van der Waals surface area contributed by atoms with E-state index in [1.165, 1.54) is 88.4 Å². The molecule has 0 aliphatic rings. The van der Waals surface area contributed by atoms with Crippen LogP contribution in [0.5, 0.6) is 0 Å². The molecule has 0 aromatic rings. The summed E-state index contributed by atoms with van der Waals surface area (Å²) in [6.07, 6.45) is 20.1. The molecule has 0 fully saturated rings. The standard InChI is InChI=1S/C21H41NO3.Na.H/c1-3-4-5-6-7-8-9-10-11-12-13-14-15-16-17-18-20(23)22(2)19-21(24)25;;/h3-19H2,1-2H3,(H,24,25);;. The molecule has 0 bridgehead atoms. The quantitative estimate of drug-likeness (QED) is 0.265. The van der Waals surface area contributed by atoms with Gasteiger partial charge in [0.05, 0.1) is 0 Å². The van der Waals surface area contributed by atoms with E-state index in [4.69, 9.17) is 5.11 Å². The monoisotopic (exact) mass is 379 g/mol. The van der Waals surface area contributed by atoms with Crippen LogP contribution in [0.25, 0.3) is 0 Å². The van der Waals surface area contributed by atoms with Crippen molar-refractivity contribution in [2.75, 3.05) is 13.6 Å². The molecule has 0 heterocycles. The van der Waals surface area contributed by atoms with Crippen molar-refractivity contribution in [3.8, 4) is 0 Å². The second-order valence-corrected chi connectivity index (χ2v) is 7.34. The number of hydrogen-bond acceptors (Lipinski definition) is 2. The van der Waals surface area contributed by atoms with Crippen LogP contribution in [0, 0.1) is 0 Å². The van der Waals surface area contributed by atoms with Gasteiger partial charge in [0.1, 0.15) is 6.54 Å². The molecule has 150 valence electrons. The molecule has 0 rings (SSSR count). The predicted octanol–water partition coefficient (Wildman–Crippen LogP) is 5.14. The summed E-state index contributed by atoms with van der Waals surface area (Å²) >= 11 is 0. The van der Waals surface area contributed by atoms with Crippen LogP contribution < -0.4 is 0 Å². The number of rotatable bonds is 18. The number of carbonyl (C=O) groups excluding carboxylic acids is 1. The number of likely N-dealkylation sites (N-methyl/N-ethyl adjacent to an activating group) is 1. The fourth-order valence-electron chi connectivity index (χ4n) is 3.13. The Hall–Kier alpha value is -0.0600. The van der Waals surface area contributed by atoms with Crippen LogP contribution >= 0.6 is 0 Å². The Morgan fingerprint density at radius 2 is 1.04 bits per heavy atom. The molecule has 0 aliphatic heterocycles. The Balaban J connectivity index is 0. The van der Waals surface area contributed by atoms with Crippen molar-refractivity contribution in [3.05, 3.63) is 0 Å². The molecule has 0 radical (unpaired) electrons. The third kappa shape index (κ3) is 20.3. The Morgan fingerprint density at radius 1 is 0.692 bits per heavy atom. The molecule has 0 aliphatic carbocycles. The third-order valence-electron chi connectivity index (χ3n) is 4.79. The maximum atomic E-state index is 11.7. The van der Waals surface area contributed by atoms with Gasteiger partial charge < -0.3 is 10.0 Å². The molecule has 0 aromatic heterocycles. The van der Waals surface area contributed by atoms with Crippen LogP contribution in [0.1, 0.15) is 110 Å². The van der Waals surface area contributed by atoms with Gasteiger partial charge in [0.2, 0.25) is 5.91 Å². The van der Waals surface area contributed by atoms with E-state index in [1.807, 2.05) is 0 Å². The molecule has 5 heteroatoms. The molecule has 1 amide bonds. The van der Waals surface area contributed by atoms with E-state index in [0.717, 1.165) is 12.8 Å². The predicted molar refractivity (Wildman–Crippen MR) is 112 cm³/mol. The molecule has 0 aromatic carbocycles. The van der Waals surface area contributed by atoms with E-state index in [2.05, 4.69) is 6.92 Å². The molecule has 0 saturated heterocycles. The molecule has 0 unspecified atom stereocenters. The molecule has 26 heavy (non-hydrogen) atoms. The Labute approximate surface area is 183 Å². The molecular formula is C21H42NNaO3. The van der Waals surface area contributed by atoms with Crippen LogP contribution in [-0.4, -0.2) is 65.0 Å². The number of amides is 1. The van der Waals surface area contributed by atoms with Gasteiger partial charge in [0, 0.05) is 13.5 Å². The van der Waals surface area contributed by atoms with Crippen molar-refractivity contribution in [2.24, 2.45) is 0 Å². The molecule has 0 saturated carbocycles. The molecule has 4 nitrogen and oxygen atoms in total. The van der Waals surface area contributed by atoms with Gasteiger partial charge in [-0.3, -0.25) is 9.59 Å². The molecule has 0 atom stereocenters. The summed E-state index contributed by atoms with van der Waals surface area (Å²) in [6.45, 7) is 2.07. The first-order valence-corrected chi connectivity index (χ1v) is 10.5. The summed E-state index contributed by atoms with van der Waals surface area (Å²) < 4.78 is 0. The van der Waals surface area contributed by atoms with Crippen molar-refractivity contribution >= 4 is 41.4 Å². The number of carboxylic acids is 1. The minimum absolute atomic E-state index is 0. The molecular weight excluding hydrogens is 337 g/mol.